The minimum absolute atomic E-state index is 0.143. The van der Waals surface area contributed by atoms with Crippen molar-refractivity contribution in [2.45, 2.75) is 33.0 Å². The zero-order chi connectivity index (χ0) is 17.4. The van der Waals surface area contributed by atoms with Gasteiger partial charge in [-0.05, 0) is 38.5 Å². The van der Waals surface area contributed by atoms with E-state index in [2.05, 4.69) is 21.3 Å². The molecule has 0 aliphatic heterocycles. The summed E-state index contributed by atoms with van der Waals surface area (Å²) in [6.07, 6.45) is -1.26. The highest BCUT2D eigenvalue weighted by Crippen LogP contribution is 2.20. The van der Waals surface area contributed by atoms with Crippen LogP contribution in [-0.4, -0.2) is 47.6 Å². The molecule has 23 heavy (non-hydrogen) atoms. The van der Waals surface area contributed by atoms with Crippen LogP contribution in [0.3, 0.4) is 0 Å². The maximum atomic E-state index is 11.7. The Hall–Kier alpha value is -2.32. The Morgan fingerprint density at radius 3 is 2.04 bits per heavy atom. The smallest absolute Gasteiger partial charge is 0.319 e. The lowest BCUT2D eigenvalue weighted by atomic mass is 10.2. The average Bonchev–Trinajstić information content (AvgIpc) is 2.46. The summed E-state index contributed by atoms with van der Waals surface area (Å²) in [6.45, 7) is 5.25. The third kappa shape index (κ3) is 7.48. The van der Waals surface area contributed by atoms with E-state index in [0.717, 1.165) is 5.56 Å². The zero-order valence-electron chi connectivity index (χ0n) is 13.5. The van der Waals surface area contributed by atoms with Crippen LogP contribution >= 0.6 is 0 Å². The van der Waals surface area contributed by atoms with Crippen LogP contribution in [0.2, 0.25) is 0 Å². The monoisotopic (exact) mass is 324 g/mol. The third-order valence-corrected chi connectivity index (χ3v) is 2.86. The van der Waals surface area contributed by atoms with Gasteiger partial charge in [0.25, 0.3) is 0 Å². The van der Waals surface area contributed by atoms with Crippen molar-refractivity contribution in [2.24, 2.45) is 0 Å². The Kier molecular flexibility index (Phi) is 7.30. The van der Waals surface area contributed by atoms with E-state index in [9.17, 15) is 9.59 Å². The van der Waals surface area contributed by atoms with Crippen LogP contribution in [-0.2, 0) is 0 Å². The van der Waals surface area contributed by atoms with Crippen LogP contribution in [0.4, 0.5) is 21.0 Å². The fourth-order valence-electron chi connectivity index (χ4n) is 1.66. The van der Waals surface area contributed by atoms with Gasteiger partial charge in [0.2, 0.25) is 0 Å². The number of rotatable bonds is 6. The molecule has 0 radical (unpaired) electrons. The summed E-state index contributed by atoms with van der Waals surface area (Å²) in [5, 5.41) is 28.6. The van der Waals surface area contributed by atoms with E-state index in [1.54, 1.807) is 32.0 Å². The number of amides is 4. The predicted octanol–water partition coefficient (Wildman–Crippen LogP) is 1.000. The third-order valence-electron chi connectivity index (χ3n) is 2.86. The van der Waals surface area contributed by atoms with E-state index in [4.69, 9.17) is 10.2 Å². The molecule has 1 rings (SSSR count). The molecular formula is C15H24N4O4. The van der Waals surface area contributed by atoms with Crippen LogP contribution in [0.25, 0.3) is 0 Å². The number of hydrogen-bond donors (Lipinski definition) is 6. The number of aliphatic hydroxyl groups excluding tert-OH is 2. The van der Waals surface area contributed by atoms with Crippen molar-refractivity contribution in [3.8, 4) is 0 Å². The van der Waals surface area contributed by atoms with Crippen LogP contribution in [0.15, 0.2) is 18.2 Å². The van der Waals surface area contributed by atoms with Crippen molar-refractivity contribution in [1.29, 1.82) is 0 Å². The highest BCUT2D eigenvalue weighted by molar-refractivity contribution is 5.93. The predicted molar refractivity (Wildman–Crippen MR) is 88.6 cm³/mol. The highest BCUT2D eigenvalue weighted by atomic mass is 16.3. The topological polar surface area (TPSA) is 123 Å². The van der Waals surface area contributed by atoms with E-state index < -0.39 is 24.3 Å². The van der Waals surface area contributed by atoms with Crippen LogP contribution in [0.1, 0.15) is 19.4 Å². The summed E-state index contributed by atoms with van der Waals surface area (Å²) in [5.41, 5.74) is 1.87. The second kappa shape index (κ2) is 8.96. The summed E-state index contributed by atoms with van der Waals surface area (Å²) in [5.74, 6) is 0. The Labute approximate surface area is 135 Å². The van der Waals surface area contributed by atoms with Gasteiger partial charge in [-0.2, -0.15) is 0 Å². The van der Waals surface area contributed by atoms with Gasteiger partial charge < -0.3 is 31.5 Å². The molecular weight excluding hydrogens is 300 g/mol. The minimum atomic E-state index is -0.632. The molecule has 2 unspecified atom stereocenters. The molecule has 128 valence electrons. The maximum absolute atomic E-state index is 11.7. The molecule has 0 spiro atoms. The number of benzene rings is 1. The van der Waals surface area contributed by atoms with Crippen LogP contribution < -0.4 is 21.3 Å². The number of carbonyl (C=O) groups is 2. The second-order valence-electron chi connectivity index (χ2n) is 5.40. The number of carbonyl (C=O) groups excluding carboxylic acids is 2. The van der Waals surface area contributed by atoms with E-state index >= 15 is 0 Å². The lowest BCUT2D eigenvalue weighted by Crippen LogP contribution is -2.34. The zero-order valence-corrected chi connectivity index (χ0v) is 13.5. The SMILES string of the molecule is Cc1ccc(NC(=O)NCC(C)O)cc1NC(=O)NCC(C)O. The van der Waals surface area contributed by atoms with Gasteiger partial charge >= 0.3 is 12.1 Å². The molecule has 1 aromatic carbocycles. The highest BCUT2D eigenvalue weighted by Gasteiger charge is 2.08. The molecule has 1 aromatic rings. The molecule has 0 fully saturated rings. The van der Waals surface area contributed by atoms with Gasteiger partial charge in [-0.25, -0.2) is 9.59 Å². The van der Waals surface area contributed by atoms with Gasteiger partial charge in [0.1, 0.15) is 0 Å². The fourth-order valence-corrected chi connectivity index (χ4v) is 1.66. The minimum Gasteiger partial charge on any atom is -0.392 e. The molecule has 0 saturated heterocycles. The van der Waals surface area contributed by atoms with Crippen molar-refractivity contribution in [2.75, 3.05) is 23.7 Å². The number of hydrogen-bond acceptors (Lipinski definition) is 4. The van der Waals surface area contributed by atoms with Gasteiger partial charge in [-0.1, -0.05) is 6.07 Å². The summed E-state index contributed by atoms with van der Waals surface area (Å²) in [7, 11) is 0. The first-order valence-electron chi connectivity index (χ1n) is 7.34. The molecule has 8 heteroatoms. The van der Waals surface area contributed by atoms with Crippen molar-refractivity contribution >= 4 is 23.4 Å². The second-order valence-corrected chi connectivity index (χ2v) is 5.40. The molecule has 6 N–H and O–H groups in total. The lowest BCUT2D eigenvalue weighted by Gasteiger charge is -2.13. The number of anilines is 2. The number of urea groups is 2. The summed E-state index contributed by atoms with van der Waals surface area (Å²) >= 11 is 0. The van der Waals surface area contributed by atoms with Crippen molar-refractivity contribution < 1.29 is 19.8 Å². The molecule has 4 amide bonds. The van der Waals surface area contributed by atoms with Gasteiger partial charge in [-0.3, -0.25) is 0 Å². The number of aliphatic hydroxyl groups is 2. The van der Waals surface area contributed by atoms with E-state index in [1.165, 1.54) is 0 Å². The quantitative estimate of drug-likeness (QED) is 0.467. The first kappa shape index (κ1) is 18.7. The first-order chi connectivity index (χ1) is 10.8. The summed E-state index contributed by atoms with van der Waals surface area (Å²) in [4.78, 5) is 23.4. The van der Waals surface area contributed by atoms with Gasteiger partial charge in [-0.15, -0.1) is 0 Å². The van der Waals surface area contributed by atoms with Crippen molar-refractivity contribution in [3.63, 3.8) is 0 Å². The van der Waals surface area contributed by atoms with E-state index in [-0.39, 0.29) is 13.1 Å². The summed E-state index contributed by atoms with van der Waals surface area (Å²) < 4.78 is 0. The van der Waals surface area contributed by atoms with Crippen molar-refractivity contribution in [3.05, 3.63) is 23.8 Å². The lowest BCUT2D eigenvalue weighted by molar-refractivity contribution is 0.190. The Bertz CT molecular complexity index is 546. The fraction of sp³-hybridized carbons (Fsp3) is 0.467. The van der Waals surface area contributed by atoms with Crippen molar-refractivity contribution in [1.82, 2.24) is 10.6 Å². The molecule has 0 saturated carbocycles. The van der Waals surface area contributed by atoms with E-state index in [1.807, 2.05) is 6.92 Å². The van der Waals surface area contributed by atoms with E-state index in [0.29, 0.717) is 11.4 Å². The molecule has 0 bridgehead atoms. The maximum Gasteiger partial charge on any atom is 0.319 e. The Balaban J connectivity index is 2.64. The van der Waals surface area contributed by atoms with Crippen LogP contribution in [0.5, 0.6) is 0 Å². The van der Waals surface area contributed by atoms with Gasteiger partial charge in [0.05, 0.1) is 12.2 Å². The average molecular weight is 324 g/mol. The largest absolute Gasteiger partial charge is 0.392 e. The standard InChI is InChI=1S/C15H24N4O4/c1-9-4-5-12(18-14(22)16-7-10(2)20)6-13(9)19-15(23)17-8-11(3)21/h4-6,10-11,20-21H,7-8H2,1-3H3,(H2,16,18,22)(H2,17,19,23). The molecule has 8 nitrogen and oxygen atoms in total. The normalized spacial score (nSPS) is 12.9. The molecule has 0 heterocycles. The van der Waals surface area contributed by atoms with Gasteiger partial charge in [0.15, 0.2) is 0 Å². The Morgan fingerprint density at radius 2 is 1.52 bits per heavy atom. The summed E-state index contributed by atoms with van der Waals surface area (Å²) in [6, 6.07) is 4.20. The first-order valence-corrected chi connectivity index (χ1v) is 7.34. The Morgan fingerprint density at radius 1 is 1.00 bits per heavy atom. The number of nitrogens with one attached hydrogen (secondary N) is 4. The van der Waals surface area contributed by atoms with Crippen LogP contribution in [0, 0.1) is 6.92 Å². The van der Waals surface area contributed by atoms with Gasteiger partial charge in [0, 0.05) is 24.5 Å². The molecule has 0 aliphatic carbocycles. The molecule has 2 atom stereocenters. The molecule has 0 aromatic heterocycles. The number of aryl methyl sites for hydroxylation is 1. The molecule has 0 aliphatic rings.